The maximum atomic E-state index is 12.6. The van der Waals surface area contributed by atoms with Crippen molar-refractivity contribution in [1.29, 1.82) is 0 Å². The van der Waals surface area contributed by atoms with Crippen molar-refractivity contribution in [3.8, 4) is 0 Å². The molecule has 2 aliphatic heterocycles. The highest BCUT2D eigenvalue weighted by atomic mass is 16.2. The molecule has 0 radical (unpaired) electrons. The van der Waals surface area contributed by atoms with Gasteiger partial charge in [0, 0.05) is 11.1 Å². The number of aromatic nitrogens is 8. The van der Waals surface area contributed by atoms with E-state index in [0.717, 1.165) is 0 Å². The molecule has 0 aromatic carbocycles. The van der Waals surface area contributed by atoms with E-state index in [1.165, 1.54) is 0 Å². The first kappa shape index (κ1) is 17.1. The summed E-state index contributed by atoms with van der Waals surface area (Å²) in [5.41, 5.74) is 3.60. The lowest BCUT2D eigenvalue weighted by atomic mass is 9.70. The number of fused-ring (bicyclic) bond motifs is 9. The van der Waals surface area contributed by atoms with Crippen LogP contribution in [0.5, 0.6) is 0 Å². The highest BCUT2D eigenvalue weighted by Crippen LogP contribution is 2.47. The van der Waals surface area contributed by atoms with Gasteiger partial charge in [-0.25, -0.2) is 29.9 Å². The number of allylic oxidation sites excluding steroid dienone is 4. The number of H-pyrrole nitrogens is 2. The summed E-state index contributed by atoms with van der Waals surface area (Å²) in [6.45, 7) is 0. The average molecular weight is 420 g/mol. The predicted molar refractivity (Wildman–Crippen MR) is 114 cm³/mol. The normalized spacial score (nSPS) is 20.9. The molecule has 2 atom stereocenters. The van der Waals surface area contributed by atoms with Crippen LogP contribution >= 0.6 is 0 Å². The lowest BCUT2D eigenvalue weighted by molar-refractivity contribution is -0.138. The lowest BCUT2D eigenvalue weighted by Gasteiger charge is -2.29. The number of nitrogens with zero attached hydrogens (tertiary/aromatic N) is 6. The molecule has 2 unspecified atom stereocenters. The summed E-state index contributed by atoms with van der Waals surface area (Å²) in [6, 6.07) is 7.19. The third-order valence-corrected chi connectivity index (χ3v) is 5.75. The Morgan fingerprint density at radius 1 is 0.562 bits per heavy atom. The number of hydrogen-bond acceptors (Lipinski definition) is 8. The Balaban J connectivity index is 1.57. The van der Waals surface area contributed by atoms with Gasteiger partial charge >= 0.3 is 0 Å². The summed E-state index contributed by atoms with van der Waals surface area (Å²) in [6.07, 6.45) is 6.97. The summed E-state index contributed by atoms with van der Waals surface area (Å²) < 4.78 is 0. The fourth-order valence-electron chi connectivity index (χ4n) is 4.35. The van der Waals surface area contributed by atoms with Crippen molar-refractivity contribution >= 4 is 57.5 Å². The van der Waals surface area contributed by atoms with Gasteiger partial charge in [0.15, 0.2) is 23.3 Å². The van der Waals surface area contributed by atoms with E-state index in [0.29, 0.717) is 57.0 Å². The van der Waals surface area contributed by atoms with Gasteiger partial charge in [0.2, 0.25) is 11.6 Å². The van der Waals surface area contributed by atoms with E-state index < -0.39 is 23.4 Å². The molecule has 3 aliphatic carbocycles. The number of ketones is 2. The number of carbonyl (C=O) groups excluding carboxylic acids is 2. The number of rotatable bonds is 0. The van der Waals surface area contributed by atoms with Crippen molar-refractivity contribution in [1.82, 2.24) is 39.9 Å². The van der Waals surface area contributed by atoms with Gasteiger partial charge in [-0.2, -0.15) is 0 Å². The monoisotopic (exact) mass is 420 g/mol. The molecule has 10 bridgehead atoms. The van der Waals surface area contributed by atoms with Gasteiger partial charge in [0.25, 0.3) is 0 Å². The maximum Gasteiger partial charge on any atom is 0.210 e. The molecule has 0 saturated heterocycles. The van der Waals surface area contributed by atoms with Crippen LogP contribution in [0, 0.1) is 11.8 Å². The Bertz CT molecular complexity index is 1640. The van der Waals surface area contributed by atoms with E-state index in [1.807, 2.05) is 12.1 Å². The molecule has 0 spiro atoms. The lowest BCUT2D eigenvalue weighted by Crippen LogP contribution is -2.38. The molecule has 10 nitrogen and oxygen atoms in total. The molecular formula is C22H12N8O2. The third kappa shape index (κ3) is 2.40. The Morgan fingerprint density at radius 2 is 1.06 bits per heavy atom. The Morgan fingerprint density at radius 3 is 1.69 bits per heavy atom. The van der Waals surface area contributed by atoms with Crippen molar-refractivity contribution in [2.45, 2.75) is 0 Å². The van der Waals surface area contributed by atoms with Crippen molar-refractivity contribution in [2.24, 2.45) is 11.8 Å². The highest BCUT2D eigenvalue weighted by Gasteiger charge is 2.48. The van der Waals surface area contributed by atoms with Crippen LogP contribution in [-0.4, -0.2) is 51.4 Å². The summed E-state index contributed by atoms with van der Waals surface area (Å²) >= 11 is 0. The van der Waals surface area contributed by atoms with Crippen LogP contribution in [0.3, 0.4) is 0 Å². The number of nitrogens with one attached hydrogen (secondary N) is 2. The second kappa shape index (κ2) is 5.97. The van der Waals surface area contributed by atoms with Crippen LogP contribution in [0.25, 0.3) is 45.9 Å². The minimum atomic E-state index is -0.704. The summed E-state index contributed by atoms with van der Waals surface area (Å²) in [5.74, 6) is -0.703. The quantitative estimate of drug-likeness (QED) is 0.324. The fraction of sp³-hybridized carbons (Fsp3) is 0.0909. The van der Waals surface area contributed by atoms with Gasteiger partial charge in [-0.15, -0.1) is 0 Å². The minimum absolute atomic E-state index is 0.342. The van der Waals surface area contributed by atoms with E-state index in [4.69, 9.17) is 0 Å². The molecule has 10 heteroatoms. The van der Waals surface area contributed by atoms with Crippen molar-refractivity contribution < 1.29 is 9.59 Å². The van der Waals surface area contributed by atoms with Crippen LogP contribution < -0.4 is 0 Å². The summed E-state index contributed by atoms with van der Waals surface area (Å²) in [4.78, 5) is 58.6. The zero-order valence-corrected chi connectivity index (χ0v) is 16.3. The van der Waals surface area contributed by atoms with Crippen LogP contribution in [0.1, 0.15) is 23.3 Å². The van der Waals surface area contributed by atoms with E-state index in [1.54, 1.807) is 36.4 Å². The van der Waals surface area contributed by atoms with E-state index in [-0.39, 0.29) is 0 Å². The number of carbonyl (C=O) groups is 2. The van der Waals surface area contributed by atoms with Gasteiger partial charge in [0.1, 0.15) is 22.6 Å². The smallest absolute Gasteiger partial charge is 0.210 e. The molecule has 0 fully saturated rings. The Kier molecular flexibility index (Phi) is 3.20. The number of Topliss-reactive ketones (excluding diaryl/α,β-unsaturated/α-hetero) is 2. The molecule has 8 rings (SSSR count). The van der Waals surface area contributed by atoms with Gasteiger partial charge in [0.05, 0.1) is 11.8 Å². The molecule has 3 aromatic rings. The molecule has 152 valence electrons. The van der Waals surface area contributed by atoms with E-state index in [2.05, 4.69) is 39.9 Å². The summed E-state index contributed by atoms with van der Waals surface area (Å²) in [5, 5.41) is 0. The molecular weight excluding hydrogens is 408 g/mol. The molecule has 2 N–H and O–H groups in total. The highest BCUT2D eigenvalue weighted by molar-refractivity contribution is 6.47. The second-order valence-corrected chi connectivity index (χ2v) is 7.72. The second-order valence-electron chi connectivity index (χ2n) is 7.72. The Hall–Kier alpha value is -4.60. The van der Waals surface area contributed by atoms with E-state index in [9.17, 15) is 9.59 Å². The number of aromatic amines is 2. The first-order chi connectivity index (χ1) is 15.6. The summed E-state index contributed by atoms with van der Waals surface area (Å²) in [7, 11) is 0. The third-order valence-electron chi connectivity index (χ3n) is 5.75. The average Bonchev–Trinajstić information content (AvgIpc) is 3.56. The molecule has 5 aliphatic rings. The van der Waals surface area contributed by atoms with Gasteiger partial charge < -0.3 is 9.97 Å². The van der Waals surface area contributed by atoms with Crippen LogP contribution in [-0.2, 0) is 9.59 Å². The van der Waals surface area contributed by atoms with Crippen molar-refractivity contribution in [2.75, 3.05) is 0 Å². The SMILES string of the molecule is O=C1C(=O)C2C=CC1C1=C2c2nc1nc1nc(nc3ccc(nc4ccc(n2)[nH]4)[nH]3)C=C1. The first-order valence-electron chi connectivity index (χ1n) is 9.98. The zero-order chi connectivity index (χ0) is 21.4. The van der Waals surface area contributed by atoms with Crippen LogP contribution in [0.15, 0.2) is 36.4 Å². The Labute approximate surface area is 178 Å². The largest absolute Gasteiger partial charge is 0.325 e. The minimum Gasteiger partial charge on any atom is -0.325 e. The molecule has 3 aromatic heterocycles. The van der Waals surface area contributed by atoms with Crippen LogP contribution in [0.2, 0.25) is 0 Å². The molecule has 0 saturated carbocycles. The van der Waals surface area contributed by atoms with Gasteiger partial charge in [-0.1, -0.05) is 12.2 Å². The fourth-order valence-corrected chi connectivity index (χ4v) is 4.35. The van der Waals surface area contributed by atoms with Crippen molar-refractivity contribution in [3.63, 3.8) is 0 Å². The maximum absolute atomic E-state index is 12.6. The van der Waals surface area contributed by atoms with Crippen molar-refractivity contribution in [3.05, 3.63) is 59.7 Å². The topological polar surface area (TPSA) is 143 Å². The predicted octanol–water partition coefficient (Wildman–Crippen LogP) is 1.93. The van der Waals surface area contributed by atoms with E-state index >= 15 is 0 Å². The number of hydrogen-bond donors (Lipinski definition) is 2. The van der Waals surface area contributed by atoms with Crippen LogP contribution in [0.4, 0.5) is 0 Å². The molecule has 5 heterocycles. The zero-order valence-electron chi connectivity index (χ0n) is 16.3. The molecule has 0 amide bonds. The standard InChI is InChI=1S/C22H12N8O2/c31-19-9-1-2-10(20(19)32)18-17(9)21-28-15-7-5-13(26-15)24-11-3-4-12(23-11)25-14-6-8-16(27-14)29-22(18)30-21/h1-10H,(H2,23,24,25,26,27,28,29,30). The van der Waals surface area contributed by atoms with Gasteiger partial charge in [-0.05, 0) is 36.4 Å². The van der Waals surface area contributed by atoms with Gasteiger partial charge in [-0.3, -0.25) is 9.59 Å². The molecule has 32 heavy (non-hydrogen) atoms. The first-order valence-corrected chi connectivity index (χ1v) is 9.98.